The largest absolute Gasteiger partial charge is 0.352 e. The van der Waals surface area contributed by atoms with Crippen molar-refractivity contribution in [2.24, 2.45) is 11.8 Å². The Kier molecular flexibility index (Phi) is 5.46. The van der Waals surface area contributed by atoms with Gasteiger partial charge in [-0.05, 0) is 29.8 Å². The van der Waals surface area contributed by atoms with Crippen LogP contribution in [0.25, 0.3) is 11.4 Å². The molecule has 1 fully saturated rings. The van der Waals surface area contributed by atoms with E-state index in [1.54, 1.807) is 0 Å². The molecular weight excluding hydrogens is 304 g/mol. The molecule has 1 amide bonds. The summed E-state index contributed by atoms with van der Waals surface area (Å²) in [5.41, 5.74) is 1.95. The van der Waals surface area contributed by atoms with Crippen LogP contribution in [0, 0.1) is 11.8 Å². The summed E-state index contributed by atoms with van der Waals surface area (Å²) in [5, 5.41) is 20.0. The number of benzene rings is 1. The minimum atomic E-state index is 0. The maximum atomic E-state index is 12.0. The Balaban J connectivity index is 0.00000176. The van der Waals surface area contributed by atoms with Crippen LogP contribution in [0.1, 0.15) is 12.5 Å². The lowest BCUT2D eigenvalue weighted by atomic mass is 9.88. The van der Waals surface area contributed by atoms with Gasteiger partial charge >= 0.3 is 0 Å². The zero-order valence-electron chi connectivity index (χ0n) is 12.2. The molecule has 0 saturated carbocycles. The lowest BCUT2D eigenvalue weighted by Gasteiger charge is -2.31. The summed E-state index contributed by atoms with van der Waals surface area (Å²) in [6.45, 7) is 4.40. The van der Waals surface area contributed by atoms with Gasteiger partial charge in [-0.2, -0.15) is 5.21 Å². The molecule has 118 valence electrons. The fourth-order valence-corrected chi connectivity index (χ4v) is 2.28. The summed E-state index contributed by atoms with van der Waals surface area (Å²) >= 11 is 0. The second-order valence-electron chi connectivity index (χ2n) is 5.36. The Morgan fingerprint density at radius 2 is 2.09 bits per heavy atom. The van der Waals surface area contributed by atoms with Crippen molar-refractivity contribution >= 4 is 18.3 Å². The van der Waals surface area contributed by atoms with Crippen LogP contribution in [0.5, 0.6) is 0 Å². The van der Waals surface area contributed by atoms with E-state index in [1.807, 2.05) is 31.2 Å². The molecule has 1 aromatic carbocycles. The van der Waals surface area contributed by atoms with Gasteiger partial charge in [0.25, 0.3) is 0 Å². The smallest absolute Gasteiger partial charge is 0.223 e. The predicted molar refractivity (Wildman–Crippen MR) is 84.2 cm³/mol. The van der Waals surface area contributed by atoms with Crippen LogP contribution < -0.4 is 10.6 Å². The molecule has 3 N–H and O–H groups in total. The van der Waals surface area contributed by atoms with Crippen molar-refractivity contribution in [3.8, 4) is 11.4 Å². The molecule has 7 nitrogen and oxygen atoms in total. The molecule has 0 radical (unpaired) electrons. The van der Waals surface area contributed by atoms with E-state index in [0.29, 0.717) is 18.3 Å². The summed E-state index contributed by atoms with van der Waals surface area (Å²) in [7, 11) is 0. The number of H-pyrrole nitrogens is 1. The first kappa shape index (κ1) is 16.4. The second kappa shape index (κ2) is 7.33. The standard InChI is InChI=1S/C14H18N6O.ClH/c1-9(12-7-15-8-12)14(21)16-6-10-2-4-11(5-3-10)13-17-19-20-18-13;/h2-5,9,12,15H,6-8H2,1H3,(H,16,21)(H,17,18,19,20);1H. The van der Waals surface area contributed by atoms with E-state index in [1.165, 1.54) is 0 Å². The second-order valence-corrected chi connectivity index (χ2v) is 5.36. The first-order valence-corrected chi connectivity index (χ1v) is 7.05. The lowest BCUT2D eigenvalue weighted by molar-refractivity contribution is -0.126. The van der Waals surface area contributed by atoms with Crippen LogP contribution >= 0.6 is 12.4 Å². The molecule has 8 heteroatoms. The quantitative estimate of drug-likeness (QED) is 0.755. The Hall–Kier alpha value is -1.99. The number of hydrogen-bond donors (Lipinski definition) is 3. The van der Waals surface area contributed by atoms with E-state index in [-0.39, 0.29) is 24.2 Å². The Labute approximate surface area is 134 Å². The highest BCUT2D eigenvalue weighted by Gasteiger charge is 2.28. The molecule has 1 aliphatic rings. The Morgan fingerprint density at radius 3 is 2.64 bits per heavy atom. The van der Waals surface area contributed by atoms with Crippen molar-refractivity contribution in [3.05, 3.63) is 29.8 Å². The van der Waals surface area contributed by atoms with E-state index < -0.39 is 0 Å². The monoisotopic (exact) mass is 322 g/mol. The topological polar surface area (TPSA) is 95.6 Å². The van der Waals surface area contributed by atoms with Crippen molar-refractivity contribution < 1.29 is 4.79 Å². The number of carbonyl (C=O) groups is 1. The van der Waals surface area contributed by atoms with E-state index in [4.69, 9.17) is 0 Å². The highest BCUT2D eigenvalue weighted by molar-refractivity contribution is 5.85. The zero-order chi connectivity index (χ0) is 14.7. The number of nitrogens with zero attached hydrogens (tertiary/aromatic N) is 3. The lowest BCUT2D eigenvalue weighted by Crippen LogP contribution is -2.49. The highest BCUT2D eigenvalue weighted by atomic mass is 35.5. The summed E-state index contributed by atoms with van der Waals surface area (Å²) < 4.78 is 0. The third-order valence-corrected chi connectivity index (χ3v) is 3.96. The fourth-order valence-electron chi connectivity index (χ4n) is 2.28. The van der Waals surface area contributed by atoms with E-state index in [0.717, 1.165) is 24.2 Å². The maximum absolute atomic E-state index is 12.0. The number of rotatable bonds is 5. The summed E-state index contributed by atoms with van der Waals surface area (Å²) in [5.74, 6) is 1.20. The van der Waals surface area contributed by atoms with Crippen LogP contribution in [0.3, 0.4) is 0 Å². The molecule has 1 aromatic heterocycles. The molecule has 0 bridgehead atoms. The number of hydrogen-bond acceptors (Lipinski definition) is 5. The van der Waals surface area contributed by atoms with E-state index in [9.17, 15) is 4.79 Å². The SMILES string of the molecule is CC(C(=O)NCc1ccc(-c2nn[nH]n2)cc1)C1CNC1.Cl. The van der Waals surface area contributed by atoms with Crippen LogP contribution in [0.2, 0.25) is 0 Å². The van der Waals surface area contributed by atoms with E-state index >= 15 is 0 Å². The van der Waals surface area contributed by atoms with Gasteiger partial charge in [0, 0.05) is 18.0 Å². The Bertz CT molecular complexity index is 596. The molecule has 1 aliphatic heterocycles. The van der Waals surface area contributed by atoms with Crippen molar-refractivity contribution in [2.45, 2.75) is 13.5 Å². The molecule has 1 atom stereocenters. The summed E-state index contributed by atoms with van der Waals surface area (Å²) in [6, 6.07) is 7.76. The molecule has 0 spiro atoms. The number of aromatic nitrogens is 4. The Morgan fingerprint density at radius 1 is 1.36 bits per heavy atom. The molecule has 3 rings (SSSR count). The number of nitrogens with one attached hydrogen (secondary N) is 3. The summed E-state index contributed by atoms with van der Waals surface area (Å²) in [4.78, 5) is 12.0. The van der Waals surface area contributed by atoms with Crippen LogP contribution in [-0.2, 0) is 11.3 Å². The first-order chi connectivity index (χ1) is 10.2. The van der Waals surface area contributed by atoms with Gasteiger partial charge in [-0.1, -0.05) is 31.2 Å². The van der Waals surface area contributed by atoms with Crippen molar-refractivity contribution in [2.75, 3.05) is 13.1 Å². The molecule has 0 aliphatic carbocycles. The van der Waals surface area contributed by atoms with Gasteiger partial charge in [0.05, 0.1) is 0 Å². The average Bonchev–Trinajstić information content (AvgIpc) is 2.97. The third kappa shape index (κ3) is 3.61. The van der Waals surface area contributed by atoms with Gasteiger partial charge in [-0.25, -0.2) is 0 Å². The number of tetrazole rings is 1. The normalized spacial score (nSPS) is 15.5. The van der Waals surface area contributed by atoms with Gasteiger partial charge in [-0.3, -0.25) is 4.79 Å². The third-order valence-electron chi connectivity index (χ3n) is 3.96. The fraction of sp³-hybridized carbons (Fsp3) is 0.429. The first-order valence-electron chi connectivity index (χ1n) is 7.05. The number of halogens is 1. The number of carbonyl (C=O) groups excluding carboxylic acids is 1. The highest BCUT2D eigenvalue weighted by Crippen LogP contribution is 2.17. The molecule has 22 heavy (non-hydrogen) atoms. The number of aromatic amines is 1. The van der Waals surface area contributed by atoms with E-state index in [2.05, 4.69) is 31.3 Å². The minimum absolute atomic E-state index is 0. The van der Waals surface area contributed by atoms with Gasteiger partial charge in [0.2, 0.25) is 11.7 Å². The van der Waals surface area contributed by atoms with Gasteiger partial charge in [0.1, 0.15) is 0 Å². The van der Waals surface area contributed by atoms with Crippen LogP contribution in [0.4, 0.5) is 0 Å². The predicted octanol–water partition coefficient (Wildman–Crippen LogP) is 0.760. The molecule has 1 unspecified atom stereocenters. The van der Waals surface area contributed by atoms with Gasteiger partial charge < -0.3 is 10.6 Å². The molecular formula is C14H19ClN6O. The molecule has 2 aromatic rings. The van der Waals surface area contributed by atoms with Crippen molar-refractivity contribution in [1.82, 2.24) is 31.3 Å². The van der Waals surface area contributed by atoms with Crippen molar-refractivity contribution in [1.29, 1.82) is 0 Å². The molecule has 1 saturated heterocycles. The maximum Gasteiger partial charge on any atom is 0.223 e. The van der Waals surface area contributed by atoms with Gasteiger partial charge in [-0.15, -0.1) is 22.6 Å². The molecule has 2 heterocycles. The average molecular weight is 323 g/mol. The van der Waals surface area contributed by atoms with Crippen molar-refractivity contribution in [3.63, 3.8) is 0 Å². The van der Waals surface area contributed by atoms with Gasteiger partial charge in [0.15, 0.2) is 0 Å². The van der Waals surface area contributed by atoms with Crippen LogP contribution in [-0.4, -0.2) is 39.6 Å². The zero-order valence-corrected chi connectivity index (χ0v) is 13.1. The minimum Gasteiger partial charge on any atom is -0.352 e. The summed E-state index contributed by atoms with van der Waals surface area (Å²) in [6.07, 6.45) is 0. The van der Waals surface area contributed by atoms with Crippen LogP contribution in [0.15, 0.2) is 24.3 Å². The number of amides is 1.